The maximum absolute atomic E-state index is 4.04. The van der Waals surface area contributed by atoms with E-state index in [9.17, 15) is 0 Å². The number of nitrogens with one attached hydrogen (secondary N) is 1. The highest BCUT2D eigenvalue weighted by molar-refractivity contribution is 7.09. The van der Waals surface area contributed by atoms with E-state index in [1.54, 1.807) is 17.5 Å². The van der Waals surface area contributed by atoms with Crippen LogP contribution >= 0.6 is 11.3 Å². The van der Waals surface area contributed by atoms with Gasteiger partial charge in [-0.2, -0.15) is 0 Å². The summed E-state index contributed by atoms with van der Waals surface area (Å²) in [6, 6.07) is 1.83. The van der Waals surface area contributed by atoms with Gasteiger partial charge < -0.3 is 5.32 Å². The van der Waals surface area contributed by atoms with Crippen molar-refractivity contribution in [3.05, 3.63) is 35.2 Å². The predicted octanol–water partition coefficient (Wildman–Crippen LogP) is 1.55. The third-order valence-corrected chi connectivity index (χ3v) is 2.29. The van der Waals surface area contributed by atoms with Crippen molar-refractivity contribution < 1.29 is 0 Å². The first-order chi connectivity index (χ1) is 6.45. The van der Waals surface area contributed by atoms with E-state index in [1.807, 2.05) is 17.8 Å². The molecule has 0 saturated heterocycles. The number of hydrogen-bond donors (Lipinski definition) is 1. The normalized spacial score (nSPS) is 9.85. The van der Waals surface area contributed by atoms with Crippen LogP contribution in [-0.4, -0.2) is 15.0 Å². The van der Waals surface area contributed by atoms with Gasteiger partial charge in [-0.25, -0.2) is 9.97 Å². The fourth-order valence-corrected chi connectivity index (χ4v) is 1.44. The summed E-state index contributed by atoms with van der Waals surface area (Å²) in [7, 11) is 0. The van der Waals surface area contributed by atoms with Gasteiger partial charge in [0.05, 0.1) is 12.1 Å². The predicted molar refractivity (Wildman–Crippen MR) is 51.5 cm³/mol. The minimum absolute atomic E-state index is 0.766. The standard InChI is InChI=1S/C8H8N4S/c1-2-9-5-12-8(1)11-4-7-3-10-6-13-7/h1-3,5-6H,4H2,(H,9,11,12). The summed E-state index contributed by atoms with van der Waals surface area (Å²) < 4.78 is 0. The summed E-state index contributed by atoms with van der Waals surface area (Å²) in [5.41, 5.74) is 1.82. The van der Waals surface area contributed by atoms with Crippen LogP contribution in [0.4, 0.5) is 5.82 Å². The molecule has 0 amide bonds. The Morgan fingerprint density at radius 3 is 3.08 bits per heavy atom. The third kappa shape index (κ3) is 2.22. The van der Waals surface area contributed by atoms with Gasteiger partial charge in [0.1, 0.15) is 12.1 Å². The fourth-order valence-electron chi connectivity index (χ4n) is 0.902. The van der Waals surface area contributed by atoms with Gasteiger partial charge in [0.15, 0.2) is 0 Å². The van der Waals surface area contributed by atoms with Crippen molar-refractivity contribution in [3.63, 3.8) is 0 Å². The molecular formula is C8H8N4S. The first kappa shape index (κ1) is 8.12. The molecular weight excluding hydrogens is 184 g/mol. The van der Waals surface area contributed by atoms with Crippen LogP contribution in [0.3, 0.4) is 0 Å². The van der Waals surface area contributed by atoms with Crippen molar-refractivity contribution in [2.75, 3.05) is 5.32 Å². The van der Waals surface area contributed by atoms with E-state index < -0.39 is 0 Å². The lowest BCUT2D eigenvalue weighted by molar-refractivity contribution is 1.09. The highest BCUT2D eigenvalue weighted by Crippen LogP contribution is 2.07. The molecule has 0 fully saturated rings. The molecule has 4 nitrogen and oxygen atoms in total. The van der Waals surface area contributed by atoms with Crippen molar-refractivity contribution in [2.45, 2.75) is 6.54 Å². The third-order valence-electron chi connectivity index (χ3n) is 1.51. The van der Waals surface area contributed by atoms with Gasteiger partial charge in [0, 0.05) is 17.3 Å². The summed E-state index contributed by atoms with van der Waals surface area (Å²) in [6.45, 7) is 0.766. The van der Waals surface area contributed by atoms with E-state index in [-0.39, 0.29) is 0 Å². The second kappa shape index (κ2) is 3.95. The lowest BCUT2D eigenvalue weighted by Crippen LogP contribution is -1.99. The molecule has 0 aliphatic rings. The van der Waals surface area contributed by atoms with Crippen molar-refractivity contribution in [3.8, 4) is 0 Å². The van der Waals surface area contributed by atoms with Gasteiger partial charge in [-0.3, -0.25) is 4.98 Å². The van der Waals surface area contributed by atoms with Gasteiger partial charge in [0.2, 0.25) is 0 Å². The monoisotopic (exact) mass is 192 g/mol. The Morgan fingerprint density at radius 2 is 2.38 bits per heavy atom. The maximum atomic E-state index is 4.04. The number of aromatic nitrogens is 3. The maximum Gasteiger partial charge on any atom is 0.129 e. The minimum atomic E-state index is 0.766. The summed E-state index contributed by atoms with van der Waals surface area (Å²) in [5, 5.41) is 3.17. The number of nitrogens with zero attached hydrogens (tertiary/aromatic N) is 3. The second-order valence-corrected chi connectivity index (χ2v) is 3.39. The molecule has 0 bridgehead atoms. The highest BCUT2D eigenvalue weighted by Gasteiger charge is 1.94. The number of thiazole rings is 1. The van der Waals surface area contributed by atoms with Crippen LogP contribution in [0.1, 0.15) is 4.88 Å². The highest BCUT2D eigenvalue weighted by atomic mass is 32.1. The molecule has 1 N–H and O–H groups in total. The van der Waals surface area contributed by atoms with Gasteiger partial charge in [-0.1, -0.05) is 0 Å². The van der Waals surface area contributed by atoms with Crippen LogP contribution in [0.5, 0.6) is 0 Å². The van der Waals surface area contributed by atoms with Crippen molar-refractivity contribution >= 4 is 17.2 Å². The van der Waals surface area contributed by atoms with Crippen LogP contribution in [0.25, 0.3) is 0 Å². The molecule has 0 atom stereocenters. The van der Waals surface area contributed by atoms with E-state index in [4.69, 9.17) is 0 Å². The molecule has 13 heavy (non-hydrogen) atoms. The minimum Gasteiger partial charge on any atom is -0.365 e. The molecule has 2 rings (SSSR count). The van der Waals surface area contributed by atoms with Crippen LogP contribution in [0.15, 0.2) is 30.3 Å². The Hall–Kier alpha value is -1.49. The molecule has 0 aliphatic heterocycles. The van der Waals surface area contributed by atoms with E-state index in [2.05, 4.69) is 20.3 Å². The number of rotatable bonds is 3. The van der Waals surface area contributed by atoms with E-state index in [0.717, 1.165) is 12.4 Å². The van der Waals surface area contributed by atoms with Gasteiger partial charge in [0.25, 0.3) is 0 Å². The van der Waals surface area contributed by atoms with E-state index >= 15 is 0 Å². The largest absolute Gasteiger partial charge is 0.365 e. The molecule has 2 aromatic rings. The quantitative estimate of drug-likeness (QED) is 0.801. The summed E-state index contributed by atoms with van der Waals surface area (Å²) in [5.74, 6) is 0.836. The molecule has 2 heterocycles. The number of anilines is 1. The SMILES string of the molecule is c1cc(NCc2cncs2)ncn1. The molecule has 0 unspecified atom stereocenters. The Morgan fingerprint density at radius 1 is 1.38 bits per heavy atom. The van der Waals surface area contributed by atoms with Crippen molar-refractivity contribution in [1.82, 2.24) is 15.0 Å². The van der Waals surface area contributed by atoms with Gasteiger partial charge in [-0.05, 0) is 6.07 Å². The Kier molecular flexibility index (Phi) is 2.47. The lowest BCUT2D eigenvalue weighted by atomic mass is 10.5. The topological polar surface area (TPSA) is 50.7 Å². The van der Waals surface area contributed by atoms with Gasteiger partial charge >= 0.3 is 0 Å². The van der Waals surface area contributed by atoms with Gasteiger partial charge in [-0.15, -0.1) is 11.3 Å². The molecule has 0 radical (unpaired) electrons. The lowest BCUT2D eigenvalue weighted by Gasteiger charge is -2.00. The van der Waals surface area contributed by atoms with Crippen molar-refractivity contribution in [2.24, 2.45) is 0 Å². The summed E-state index contributed by atoms with van der Waals surface area (Å²) in [6.07, 6.45) is 5.08. The average Bonchev–Trinajstić information content (AvgIpc) is 2.69. The zero-order valence-corrected chi connectivity index (χ0v) is 7.66. The summed E-state index contributed by atoms with van der Waals surface area (Å²) in [4.78, 5) is 13.0. The molecule has 2 aromatic heterocycles. The molecule has 0 spiro atoms. The first-order valence-electron chi connectivity index (χ1n) is 3.82. The summed E-state index contributed by atoms with van der Waals surface area (Å²) >= 11 is 1.63. The van der Waals surface area contributed by atoms with Crippen LogP contribution in [0, 0.1) is 0 Å². The van der Waals surface area contributed by atoms with E-state index in [1.165, 1.54) is 11.2 Å². The fraction of sp³-hybridized carbons (Fsp3) is 0.125. The van der Waals surface area contributed by atoms with Crippen LogP contribution < -0.4 is 5.32 Å². The van der Waals surface area contributed by atoms with Crippen LogP contribution in [0.2, 0.25) is 0 Å². The Labute approximate surface area is 79.7 Å². The molecule has 66 valence electrons. The zero-order valence-electron chi connectivity index (χ0n) is 6.84. The Balaban J connectivity index is 1.94. The smallest absolute Gasteiger partial charge is 0.129 e. The Bertz CT molecular complexity index is 346. The number of hydrogen-bond acceptors (Lipinski definition) is 5. The molecule has 0 aromatic carbocycles. The second-order valence-electron chi connectivity index (χ2n) is 2.42. The van der Waals surface area contributed by atoms with Crippen molar-refractivity contribution in [1.29, 1.82) is 0 Å². The molecule has 5 heteroatoms. The molecule has 0 aliphatic carbocycles. The first-order valence-corrected chi connectivity index (χ1v) is 4.70. The van der Waals surface area contributed by atoms with Crippen LogP contribution in [-0.2, 0) is 6.54 Å². The van der Waals surface area contributed by atoms with E-state index in [0.29, 0.717) is 0 Å². The molecule has 0 saturated carbocycles. The average molecular weight is 192 g/mol. The zero-order chi connectivity index (χ0) is 8.93.